The summed E-state index contributed by atoms with van der Waals surface area (Å²) in [5.74, 6) is 0. The van der Waals surface area contributed by atoms with E-state index in [2.05, 4.69) is 41.2 Å². The van der Waals surface area contributed by atoms with Crippen molar-refractivity contribution in [2.24, 2.45) is 0 Å². The lowest BCUT2D eigenvalue weighted by molar-refractivity contribution is 0.187. The van der Waals surface area contributed by atoms with E-state index in [1.807, 2.05) is 24.3 Å². The van der Waals surface area contributed by atoms with Crippen molar-refractivity contribution < 1.29 is 0 Å². The van der Waals surface area contributed by atoms with Crippen LogP contribution in [-0.2, 0) is 6.67 Å². The first-order chi connectivity index (χ1) is 11.7. The van der Waals surface area contributed by atoms with Crippen molar-refractivity contribution in [1.82, 2.24) is 14.7 Å². The van der Waals surface area contributed by atoms with Crippen LogP contribution in [0.3, 0.4) is 0 Å². The van der Waals surface area contributed by atoms with Crippen molar-refractivity contribution >= 4 is 10.8 Å². The first-order valence-electron chi connectivity index (χ1n) is 8.48. The van der Waals surface area contributed by atoms with E-state index in [0.717, 1.165) is 30.2 Å². The summed E-state index contributed by atoms with van der Waals surface area (Å²) >= 11 is 0. The van der Waals surface area contributed by atoms with Gasteiger partial charge in [-0.15, -0.1) is 0 Å². The van der Waals surface area contributed by atoms with Crippen LogP contribution in [0.25, 0.3) is 10.8 Å². The Morgan fingerprint density at radius 3 is 2.75 bits per heavy atom. The van der Waals surface area contributed by atoms with E-state index in [1.165, 1.54) is 11.1 Å². The fourth-order valence-electron chi connectivity index (χ4n) is 3.56. The van der Waals surface area contributed by atoms with E-state index >= 15 is 0 Å². The van der Waals surface area contributed by atoms with Crippen LogP contribution in [0.5, 0.6) is 0 Å². The second kappa shape index (κ2) is 6.21. The van der Waals surface area contributed by atoms with Gasteiger partial charge < -0.3 is 0 Å². The molecule has 0 unspecified atom stereocenters. The Labute approximate surface area is 141 Å². The standard InChI is InChI=1S/C20H21N3O/c1-15-8-10-16(11-9-15)19-7-4-12-22(19)14-23-20(24)18-6-3-2-5-17(18)13-21-23/h2-3,5-6,8-11,13,19H,4,7,12,14H2,1H3/t19-/m0/s1. The predicted molar refractivity (Wildman–Crippen MR) is 95.9 cm³/mol. The van der Waals surface area contributed by atoms with Gasteiger partial charge in [0.1, 0.15) is 0 Å². The number of benzene rings is 2. The lowest BCUT2D eigenvalue weighted by Crippen LogP contribution is -2.33. The largest absolute Gasteiger partial charge is 0.277 e. The summed E-state index contributed by atoms with van der Waals surface area (Å²) in [4.78, 5) is 15.0. The summed E-state index contributed by atoms with van der Waals surface area (Å²) in [6.07, 6.45) is 4.07. The maximum atomic E-state index is 12.7. The number of rotatable bonds is 3. The third-order valence-electron chi connectivity index (χ3n) is 4.90. The molecule has 1 saturated heterocycles. The van der Waals surface area contributed by atoms with Crippen LogP contribution in [0.15, 0.2) is 59.5 Å². The van der Waals surface area contributed by atoms with Crippen molar-refractivity contribution in [3.05, 3.63) is 76.2 Å². The van der Waals surface area contributed by atoms with Crippen LogP contribution >= 0.6 is 0 Å². The molecular weight excluding hydrogens is 298 g/mol. The molecule has 1 aromatic heterocycles. The van der Waals surface area contributed by atoms with Gasteiger partial charge in [0.25, 0.3) is 5.56 Å². The Bertz CT molecular complexity index is 914. The molecule has 1 aliphatic rings. The molecule has 0 amide bonds. The van der Waals surface area contributed by atoms with Crippen LogP contribution in [-0.4, -0.2) is 21.2 Å². The highest BCUT2D eigenvalue weighted by molar-refractivity contribution is 5.80. The summed E-state index contributed by atoms with van der Waals surface area (Å²) in [5, 5.41) is 6.01. The summed E-state index contributed by atoms with van der Waals surface area (Å²) in [6.45, 7) is 3.65. The van der Waals surface area contributed by atoms with E-state index in [9.17, 15) is 4.79 Å². The summed E-state index contributed by atoms with van der Waals surface area (Å²) in [6, 6.07) is 16.7. The minimum Gasteiger partial charge on any atom is -0.277 e. The van der Waals surface area contributed by atoms with Crippen molar-refractivity contribution in [2.75, 3.05) is 6.54 Å². The molecule has 2 aromatic carbocycles. The minimum absolute atomic E-state index is 0.0114. The molecule has 2 heterocycles. The number of nitrogens with zero attached hydrogens (tertiary/aromatic N) is 3. The Kier molecular flexibility index (Phi) is 3.90. The van der Waals surface area contributed by atoms with Crippen molar-refractivity contribution in [3.63, 3.8) is 0 Å². The predicted octanol–water partition coefficient (Wildman–Crippen LogP) is 3.50. The number of hydrogen-bond acceptors (Lipinski definition) is 3. The van der Waals surface area contributed by atoms with E-state index in [1.54, 1.807) is 10.9 Å². The van der Waals surface area contributed by atoms with Gasteiger partial charge in [0.2, 0.25) is 0 Å². The molecule has 4 heteroatoms. The summed E-state index contributed by atoms with van der Waals surface area (Å²) in [7, 11) is 0. The number of hydrogen-bond donors (Lipinski definition) is 0. The molecule has 0 radical (unpaired) electrons. The van der Waals surface area contributed by atoms with E-state index in [4.69, 9.17) is 0 Å². The van der Waals surface area contributed by atoms with E-state index in [-0.39, 0.29) is 5.56 Å². The minimum atomic E-state index is -0.0114. The molecule has 122 valence electrons. The number of likely N-dealkylation sites (tertiary alicyclic amines) is 1. The molecule has 1 fully saturated rings. The quantitative estimate of drug-likeness (QED) is 0.741. The molecule has 24 heavy (non-hydrogen) atoms. The van der Waals surface area contributed by atoms with Gasteiger partial charge in [-0.1, -0.05) is 48.0 Å². The highest BCUT2D eigenvalue weighted by Gasteiger charge is 2.26. The first kappa shape index (κ1) is 15.1. The van der Waals surface area contributed by atoms with Crippen LogP contribution in [0, 0.1) is 6.92 Å². The second-order valence-corrected chi connectivity index (χ2v) is 6.56. The molecule has 0 saturated carbocycles. The lowest BCUT2D eigenvalue weighted by Gasteiger charge is -2.25. The molecule has 4 nitrogen and oxygen atoms in total. The van der Waals surface area contributed by atoms with Crippen molar-refractivity contribution in [3.8, 4) is 0 Å². The highest BCUT2D eigenvalue weighted by Crippen LogP contribution is 2.32. The van der Waals surface area contributed by atoms with Crippen LogP contribution in [0.2, 0.25) is 0 Å². The second-order valence-electron chi connectivity index (χ2n) is 6.56. The molecule has 1 atom stereocenters. The fourth-order valence-corrected chi connectivity index (χ4v) is 3.56. The van der Waals surface area contributed by atoms with Crippen molar-refractivity contribution in [2.45, 2.75) is 32.5 Å². The SMILES string of the molecule is Cc1ccc([C@@H]2CCCN2Cn2ncc3ccccc3c2=O)cc1. The highest BCUT2D eigenvalue weighted by atomic mass is 16.1. The van der Waals surface area contributed by atoms with Gasteiger partial charge in [-0.3, -0.25) is 9.69 Å². The van der Waals surface area contributed by atoms with Gasteiger partial charge in [-0.25, -0.2) is 4.68 Å². The molecule has 3 aromatic rings. The molecule has 4 rings (SSSR count). The summed E-state index contributed by atoms with van der Waals surface area (Å²) < 4.78 is 1.59. The Morgan fingerprint density at radius 2 is 1.92 bits per heavy atom. The molecule has 0 spiro atoms. The van der Waals surface area contributed by atoms with Gasteiger partial charge in [-0.05, 0) is 31.4 Å². The van der Waals surface area contributed by atoms with Gasteiger partial charge in [0.05, 0.1) is 18.3 Å². The average molecular weight is 319 g/mol. The molecule has 0 bridgehead atoms. The zero-order valence-electron chi connectivity index (χ0n) is 13.9. The van der Waals surface area contributed by atoms with Gasteiger partial charge in [0.15, 0.2) is 0 Å². The monoisotopic (exact) mass is 319 g/mol. The van der Waals surface area contributed by atoms with Gasteiger partial charge in [0, 0.05) is 18.0 Å². The number of aromatic nitrogens is 2. The van der Waals surface area contributed by atoms with E-state index in [0.29, 0.717) is 12.7 Å². The zero-order valence-corrected chi connectivity index (χ0v) is 13.9. The maximum absolute atomic E-state index is 12.7. The molecule has 0 aliphatic carbocycles. The third-order valence-corrected chi connectivity index (χ3v) is 4.90. The average Bonchev–Trinajstić information content (AvgIpc) is 3.06. The van der Waals surface area contributed by atoms with Crippen LogP contribution in [0.4, 0.5) is 0 Å². The summed E-state index contributed by atoms with van der Waals surface area (Å²) in [5.41, 5.74) is 2.59. The Balaban J connectivity index is 1.63. The van der Waals surface area contributed by atoms with Crippen LogP contribution in [0.1, 0.15) is 30.0 Å². The Hall–Kier alpha value is -2.46. The third kappa shape index (κ3) is 2.74. The van der Waals surface area contributed by atoms with Gasteiger partial charge >= 0.3 is 0 Å². The zero-order chi connectivity index (χ0) is 16.5. The smallest absolute Gasteiger partial charge is 0.275 e. The Morgan fingerprint density at radius 1 is 1.12 bits per heavy atom. The van der Waals surface area contributed by atoms with Gasteiger partial charge in [-0.2, -0.15) is 5.10 Å². The number of aryl methyl sites for hydroxylation is 1. The van der Waals surface area contributed by atoms with Crippen molar-refractivity contribution in [1.29, 1.82) is 0 Å². The lowest BCUT2D eigenvalue weighted by atomic mass is 10.0. The fraction of sp³-hybridized carbons (Fsp3) is 0.300. The number of fused-ring (bicyclic) bond motifs is 1. The van der Waals surface area contributed by atoms with E-state index < -0.39 is 0 Å². The molecule has 1 aliphatic heterocycles. The molecular formula is C20H21N3O. The van der Waals surface area contributed by atoms with Crippen LogP contribution < -0.4 is 5.56 Å². The maximum Gasteiger partial charge on any atom is 0.275 e. The normalized spacial score (nSPS) is 18.3. The first-order valence-corrected chi connectivity index (χ1v) is 8.48. The topological polar surface area (TPSA) is 38.1 Å². The molecule has 0 N–H and O–H groups in total.